The molecule has 15 nitrogen and oxygen atoms in total. The van der Waals surface area contributed by atoms with Crippen LogP contribution >= 0.6 is 0 Å². The summed E-state index contributed by atoms with van der Waals surface area (Å²) in [5, 5.41) is 22.0. The van der Waals surface area contributed by atoms with Crippen molar-refractivity contribution >= 4 is 28.4 Å². The van der Waals surface area contributed by atoms with E-state index in [0.29, 0.717) is 35.1 Å². The molecule has 2 aliphatic rings. The van der Waals surface area contributed by atoms with Gasteiger partial charge in [0.05, 0.1) is 36.2 Å². The van der Waals surface area contributed by atoms with Crippen LogP contribution in [0.3, 0.4) is 0 Å². The summed E-state index contributed by atoms with van der Waals surface area (Å²) < 4.78 is 38.3. The molecule has 0 amide bonds. The molecule has 74 heavy (non-hydrogen) atoms. The summed E-state index contributed by atoms with van der Waals surface area (Å²) in [6, 6.07) is 35.3. The number of carbonyl (C=O) groups excluding carboxylic acids is 1. The Hall–Kier alpha value is -7.17. The molecular weight excluding hydrogens is 941 g/mol. The van der Waals surface area contributed by atoms with Crippen LogP contribution in [-0.4, -0.2) is 60.9 Å². The Morgan fingerprint density at radius 1 is 0.568 bits per heavy atom. The van der Waals surface area contributed by atoms with Gasteiger partial charge < -0.3 is 38.0 Å². The number of fused-ring (bicyclic) bond motifs is 2. The normalized spacial score (nSPS) is 19.7. The van der Waals surface area contributed by atoms with Gasteiger partial charge in [-0.3, -0.25) is 9.13 Å². The van der Waals surface area contributed by atoms with E-state index < -0.39 is 42.2 Å². The highest BCUT2D eigenvalue weighted by Gasteiger charge is 2.39. The van der Waals surface area contributed by atoms with E-state index in [2.05, 4.69) is 48.1 Å². The average Bonchev–Trinajstić information content (AvgIpc) is 4.25. The predicted molar refractivity (Wildman–Crippen MR) is 278 cm³/mol. The van der Waals surface area contributed by atoms with Gasteiger partial charge in [-0.05, 0) is 71.2 Å². The van der Waals surface area contributed by atoms with Gasteiger partial charge in [-0.2, -0.15) is 9.97 Å². The fourth-order valence-electron chi connectivity index (χ4n) is 10.3. The number of rotatable bonds is 20. The number of hydrogen-bond acceptors (Lipinski definition) is 13. The molecule has 0 bridgehead atoms. The number of unbranched alkanes of at least 4 members (excludes halogenated alkanes) is 4. The first-order valence-corrected chi connectivity index (χ1v) is 25.9. The molecule has 15 heteroatoms. The van der Waals surface area contributed by atoms with E-state index in [0.717, 1.165) is 59.1 Å². The number of aliphatic hydroxyl groups is 2. The number of ether oxygens (including phenoxy) is 4. The Kier molecular flexibility index (Phi) is 15.6. The summed E-state index contributed by atoms with van der Waals surface area (Å²) in [4.78, 5) is 47.7. The Morgan fingerprint density at radius 3 is 1.34 bits per heavy atom. The van der Waals surface area contributed by atoms with Gasteiger partial charge in [0.1, 0.15) is 37.2 Å². The fourth-order valence-corrected chi connectivity index (χ4v) is 10.3. The molecule has 2 aliphatic heterocycles. The number of nitrogens with zero attached hydrogens (tertiary/aromatic N) is 4. The number of aliphatic hydroxyl groups excluding tert-OH is 2. The van der Waals surface area contributed by atoms with Gasteiger partial charge in [0, 0.05) is 48.2 Å². The number of carbonyl (C=O) groups is 1. The van der Waals surface area contributed by atoms with Crippen LogP contribution in [0.4, 0.5) is 4.79 Å². The topological polar surface area (TPSA) is 191 Å². The Balaban J connectivity index is 0.704. The third kappa shape index (κ3) is 11.3. The van der Waals surface area contributed by atoms with E-state index >= 15 is 0 Å². The van der Waals surface area contributed by atoms with Gasteiger partial charge in [0.2, 0.25) is 11.4 Å². The molecule has 0 aliphatic carbocycles. The second kappa shape index (κ2) is 22.9. The molecule has 6 unspecified atom stereocenters. The van der Waals surface area contributed by atoms with Crippen molar-refractivity contribution in [3.8, 4) is 22.6 Å². The lowest BCUT2D eigenvalue weighted by atomic mass is 9.91. The lowest BCUT2D eigenvalue weighted by Crippen LogP contribution is -2.27. The lowest BCUT2D eigenvalue weighted by molar-refractivity contribution is -0.0273. The molecule has 6 heterocycles. The minimum Gasteiger partial charge on any atom is -0.437 e. The molecule has 10 rings (SSSR count). The van der Waals surface area contributed by atoms with Crippen LogP contribution in [0.1, 0.15) is 123 Å². The van der Waals surface area contributed by atoms with E-state index in [1.807, 2.05) is 84.9 Å². The third-order valence-corrected chi connectivity index (χ3v) is 14.5. The SMILES string of the molecule is CCCCCc1ccc(-c2cc3cn(C4CC(c5ccc(COC(=O)OCc6ccc(C7CC(n8cc9cc(-c%10ccc(CCCCC)cc%10)oc9nc8=O)OC7CO)cc6)cc5)C(CO)O4)c(=O)nc3o2)cc1. The quantitative estimate of drug-likeness (QED) is 0.0542. The third-order valence-electron chi connectivity index (χ3n) is 14.5. The number of hydrogen-bond donors (Lipinski definition) is 2. The number of aromatic nitrogens is 4. The van der Waals surface area contributed by atoms with Gasteiger partial charge >= 0.3 is 17.5 Å². The van der Waals surface area contributed by atoms with E-state index in [4.69, 9.17) is 27.8 Å². The smallest absolute Gasteiger partial charge is 0.437 e. The maximum atomic E-state index is 13.3. The minimum atomic E-state index is -0.828. The van der Waals surface area contributed by atoms with Gasteiger partial charge in [0.15, 0.2) is 0 Å². The summed E-state index contributed by atoms with van der Waals surface area (Å²) in [5.74, 6) is 0.822. The van der Waals surface area contributed by atoms with Crippen molar-refractivity contribution in [3.05, 3.63) is 176 Å². The van der Waals surface area contributed by atoms with Crippen LogP contribution < -0.4 is 11.4 Å². The summed E-state index contributed by atoms with van der Waals surface area (Å²) in [6.07, 6.45) is 10.2. The van der Waals surface area contributed by atoms with Crippen LogP contribution in [-0.2, 0) is 45.0 Å². The van der Waals surface area contributed by atoms with Gasteiger partial charge in [-0.25, -0.2) is 14.4 Å². The number of aryl methyl sites for hydroxylation is 2. The number of furan rings is 2. The van der Waals surface area contributed by atoms with E-state index in [-0.39, 0.29) is 49.7 Å². The first kappa shape index (κ1) is 50.4. The summed E-state index contributed by atoms with van der Waals surface area (Å²) in [6.45, 7) is 3.87. The maximum absolute atomic E-state index is 13.3. The van der Waals surface area contributed by atoms with Crippen LogP contribution in [0.15, 0.2) is 140 Å². The highest BCUT2D eigenvalue weighted by atomic mass is 16.7. The second-order valence-electron chi connectivity index (χ2n) is 19.5. The fraction of sp³-hybridized carbons (Fsp3) is 0.373. The monoisotopic (exact) mass is 1000 g/mol. The van der Waals surface area contributed by atoms with Crippen molar-refractivity contribution in [1.82, 2.24) is 19.1 Å². The van der Waals surface area contributed by atoms with Gasteiger partial charge in [0.25, 0.3) is 0 Å². The molecule has 0 radical (unpaired) electrons. The first-order valence-electron chi connectivity index (χ1n) is 25.9. The summed E-state index contributed by atoms with van der Waals surface area (Å²) in [7, 11) is 0. The van der Waals surface area contributed by atoms with E-state index in [1.54, 1.807) is 12.4 Å². The largest absolute Gasteiger partial charge is 0.508 e. The molecule has 2 saturated heterocycles. The van der Waals surface area contributed by atoms with Crippen molar-refractivity contribution in [2.24, 2.45) is 0 Å². The average molecular weight is 1000 g/mol. The van der Waals surface area contributed by atoms with Crippen molar-refractivity contribution in [2.45, 2.75) is 128 Å². The van der Waals surface area contributed by atoms with E-state index in [1.165, 1.54) is 45.9 Å². The highest BCUT2D eigenvalue weighted by Crippen LogP contribution is 2.42. The zero-order chi connectivity index (χ0) is 51.1. The van der Waals surface area contributed by atoms with Crippen molar-refractivity contribution < 1.29 is 42.8 Å². The standard InChI is InChI=1S/C59H62N4O11/c1-3-5-7-9-37-11-23-43(24-12-37)49-27-45-31-62(57(66)60-55(45)73-49)53-29-47(51(33-64)71-53)41-19-15-39(16-20-41)35-69-59(68)70-36-40-17-21-42(22-18-40)48-30-54(72-52(48)34-65)63-32-46-28-50(74-56(46)61-58(63)67)44-25-13-38(14-26-44)10-8-6-4-2/h11-28,31-32,47-48,51-54,64-65H,3-10,29-30,33-36H2,1-2H3. The second-order valence-corrected chi connectivity index (χ2v) is 19.5. The predicted octanol–water partition coefficient (Wildman–Crippen LogP) is 11.1. The first-order chi connectivity index (χ1) is 36.2. The van der Waals surface area contributed by atoms with Crippen LogP contribution in [0.5, 0.6) is 0 Å². The van der Waals surface area contributed by atoms with Crippen molar-refractivity contribution in [3.63, 3.8) is 0 Å². The molecular formula is C59H62N4O11. The number of benzene rings is 4. The van der Waals surface area contributed by atoms with Crippen molar-refractivity contribution in [1.29, 1.82) is 0 Å². The lowest BCUT2D eigenvalue weighted by Gasteiger charge is -2.17. The Morgan fingerprint density at radius 2 is 0.959 bits per heavy atom. The van der Waals surface area contributed by atoms with Crippen LogP contribution in [0, 0.1) is 0 Å². The van der Waals surface area contributed by atoms with Crippen molar-refractivity contribution in [2.75, 3.05) is 13.2 Å². The molecule has 2 N–H and O–H groups in total. The highest BCUT2D eigenvalue weighted by molar-refractivity contribution is 5.80. The zero-order valence-electron chi connectivity index (χ0n) is 41.8. The maximum Gasteiger partial charge on any atom is 0.508 e. The minimum absolute atomic E-state index is 0.0200. The molecule has 4 aromatic carbocycles. The van der Waals surface area contributed by atoms with Gasteiger partial charge in [-0.15, -0.1) is 0 Å². The molecule has 0 saturated carbocycles. The molecule has 8 aromatic rings. The zero-order valence-corrected chi connectivity index (χ0v) is 41.8. The summed E-state index contributed by atoms with van der Waals surface area (Å²) >= 11 is 0. The van der Waals surface area contributed by atoms with Crippen LogP contribution in [0.25, 0.3) is 44.8 Å². The molecule has 0 spiro atoms. The summed E-state index contributed by atoms with van der Waals surface area (Å²) in [5.41, 5.74) is 7.14. The molecule has 6 atom stereocenters. The Labute approximate surface area is 428 Å². The van der Waals surface area contributed by atoms with E-state index in [9.17, 15) is 24.6 Å². The molecule has 384 valence electrons. The Bertz CT molecular complexity index is 3070. The van der Waals surface area contributed by atoms with Gasteiger partial charge in [-0.1, -0.05) is 137 Å². The molecule has 4 aromatic heterocycles. The van der Waals surface area contributed by atoms with Crippen LogP contribution in [0.2, 0.25) is 0 Å². The molecule has 2 fully saturated rings.